The lowest BCUT2D eigenvalue weighted by Crippen LogP contribution is -2.22. The van der Waals surface area contributed by atoms with Crippen molar-refractivity contribution >= 4 is 22.8 Å². The molecule has 2 aromatic heterocycles. The van der Waals surface area contributed by atoms with E-state index in [1.54, 1.807) is 13.0 Å². The van der Waals surface area contributed by atoms with Crippen LogP contribution in [-0.4, -0.2) is 24.1 Å². The third-order valence-electron chi connectivity index (χ3n) is 7.66. The first-order valence-electron chi connectivity index (χ1n) is 15.0. The standard InChI is InChI=1S/C34H45NO7/c1-6-7-8-9-13-25-14-15-29-26(19-25)20-27(41-29)18-22(2)17-24(4)32(37)31-28(36)21-30(42-33(31)38)23(3)12-10-11-16-35-34(39)40-5/h11,14-16,19-24,36H,6-10,12-13,17-18H2,1-5H3,(H,35,39)/b16-11+. The maximum Gasteiger partial charge on any atom is 0.410 e. The molecule has 0 radical (unpaired) electrons. The van der Waals surface area contributed by atoms with Gasteiger partial charge in [0, 0.05) is 35.9 Å². The molecule has 0 aliphatic carbocycles. The average molecular weight is 580 g/mol. The predicted molar refractivity (Wildman–Crippen MR) is 164 cm³/mol. The number of benzene rings is 1. The molecule has 1 amide bonds. The number of fused-ring (bicyclic) bond motifs is 1. The smallest absolute Gasteiger partial charge is 0.410 e. The molecular formula is C34H45NO7. The number of nitrogens with one attached hydrogen (secondary N) is 1. The van der Waals surface area contributed by atoms with E-state index in [2.05, 4.69) is 42.1 Å². The van der Waals surface area contributed by atoms with Crippen LogP contribution in [0.3, 0.4) is 0 Å². The Labute approximate surface area is 248 Å². The van der Waals surface area contributed by atoms with Gasteiger partial charge < -0.3 is 18.7 Å². The SMILES string of the molecule is CCCCCCc1ccc2oc(CC(C)CC(C)C(=O)c3c(O)cc(C(C)CC/C=C/NC(=O)OC)oc3=O)cc2c1. The fraction of sp³-hybridized carbons (Fsp3) is 0.500. The molecule has 0 aliphatic heterocycles. The summed E-state index contributed by atoms with van der Waals surface area (Å²) in [6.07, 6.45) is 11.1. The minimum atomic E-state index is -0.827. The summed E-state index contributed by atoms with van der Waals surface area (Å²) >= 11 is 0. The van der Waals surface area contributed by atoms with Crippen molar-refractivity contribution in [3.63, 3.8) is 0 Å². The van der Waals surface area contributed by atoms with Crippen molar-refractivity contribution in [2.75, 3.05) is 7.11 Å². The van der Waals surface area contributed by atoms with Gasteiger partial charge in [-0.3, -0.25) is 10.1 Å². The number of hydrogen-bond donors (Lipinski definition) is 2. The number of alkyl carbamates (subject to hydrolysis) is 1. The van der Waals surface area contributed by atoms with E-state index >= 15 is 0 Å². The summed E-state index contributed by atoms with van der Waals surface area (Å²) in [5.74, 6) is -0.161. The highest BCUT2D eigenvalue weighted by Crippen LogP contribution is 2.29. The molecule has 2 N–H and O–H groups in total. The highest BCUT2D eigenvalue weighted by Gasteiger charge is 2.26. The number of carbonyl (C=O) groups excluding carboxylic acids is 2. The molecule has 3 unspecified atom stereocenters. The van der Waals surface area contributed by atoms with E-state index in [1.807, 2.05) is 13.0 Å². The average Bonchev–Trinajstić information content (AvgIpc) is 3.35. The van der Waals surface area contributed by atoms with E-state index in [0.29, 0.717) is 31.4 Å². The molecule has 228 valence electrons. The van der Waals surface area contributed by atoms with Crippen molar-refractivity contribution in [1.82, 2.24) is 5.32 Å². The monoisotopic (exact) mass is 579 g/mol. The number of methoxy groups -OCH3 is 1. The number of furan rings is 1. The highest BCUT2D eigenvalue weighted by atomic mass is 16.5. The van der Waals surface area contributed by atoms with Crippen LogP contribution < -0.4 is 10.9 Å². The molecule has 3 rings (SSSR count). The van der Waals surface area contributed by atoms with Crippen molar-refractivity contribution in [1.29, 1.82) is 0 Å². The fourth-order valence-corrected chi connectivity index (χ4v) is 5.27. The number of rotatable bonds is 16. The minimum absolute atomic E-state index is 0.119. The molecule has 3 atom stereocenters. The van der Waals surface area contributed by atoms with Crippen LogP contribution in [0.15, 0.2) is 56.2 Å². The molecule has 42 heavy (non-hydrogen) atoms. The Bertz CT molecular complexity index is 1420. The highest BCUT2D eigenvalue weighted by molar-refractivity contribution is 5.99. The molecule has 0 aliphatic rings. The van der Waals surface area contributed by atoms with Gasteiger partial charge in [-0.05, 0) is 61.8 Å². The molecule has 3 aromatic rings. The largest absolute Gasteiger partial charge is 0.507 e. The maximum atomic E-state index is 13.2. The summed E-state index contributed by atoms with van der Waals surface area (Å²) < 4.78 is 16.0. The van der Waals surface area contributed by atoms with Crippen molar-refractivity contribution < 1.29 is 28.3 Å². The summed E-state index contributed by atoms with van der Waals surface area (Å²) in [5, 5.41) is 14.2. The number of amides is 1. The lowest BCUT2D eigenvalue weighted by Gasteiger charge is -2.16. The Morgan fingerprint density at radius 2 is 1.86 bits per heavy atom. The number of carbonyl (C=O) groups is 2. The zero-order valence-electron chi connectivity index (χ0n) is 25.5. The second-order valence-corrected chi connectivity index (χ2v) is 11.4. The molecule has 0 spiro atoms. The molecule has 0 saturated heterocycles. The van der Waals surface area contributed by atoms with Gasteiger partial charge in [-0.25, -0.2) is 9.59 Å². The van der Waals surface area contributed by atoms with E-state index in [0.717, 1.165) is 23.2 Å². The summed E-state index contributed by atoms with van der Waals surface area (Å²) in [5.41, 5.74) is 1.06. The predicted octanol–water partition coefficient (Wildman–Crippen LogP) is 8.06. The topological polar surface area (TPSA) is 119 Å². The lowest BCUT2D eigenvalue weighted by atomic mass is 9.88. The number of aryl methyl sites for hydroxylation is 1. The van der Waals surface area contributed by atoms with Gasteiger partial charge in [0.25, 0.3) is 0 Å². The van der Waals surface area contributed by atoms with Crippen molar-refractivity contribution in [3.8, 4) is 5.75 Å². The maximum absolute atomic E-state index is 13.2. The Hall–Kier alpha value is -3.81. The van der Waals surface area contributed by atoms with Crippen LogP contribution in [0.5, 0.6) is 5.75 Å². The number of aromatic hydroxyl groups is 1. The van der Waals surface area contributed by atoms with Crippen LogP contribution in [0.4, 0.5) is 4.79 Å². The lowest BCUT2D eigenvalue weighted by molar-refractivity contribution is 0.0905. The number of ether oxygens (including phenoxy) is 1. The molecule has 0 bridgehead atoms. The first-order chi connectivity index (χ1) is 20.1. The minimum Gasteiger partial charge on any atom is -0.507 e. The van der Waals surface area contributed by atoms with Crippen LogP contribution in [0.25, 0.3) is 11.0 Å². The van der Waals surface area contributed by atoms with Gasteiger partial charge in [0.05, 0.1) is 7.11 Å². The summed E-state index contributed by atoms with van der Waals surface area (Å²) in [7, 11) is 1.28. The number of hydrogen-bond acceptors (Lipinski definition) is 7. The molecule has 0 fully saturated rings. The molecule has 2 heterocycles. The van der Waals surface area contributed by atoms with E-state index in [9.17, 15) is 19.5 Å². The van der Waals surface area contributed by atoms with Crippen LogP contribution in [0.2, 0.25) is 0 Å². The second-order valence-electron chi connectivity index (χ2n) is 11.4. The van der Waals surface area contributed by atoms with Gasteiger partial charge in [0.15, 0.2) is 5.78 Å². The van der Waals surface area contributed by atoms with Gasteiger partial charge in [-0.1, -0.05) is 59.1 Å². The van der Waals surface area contributed by atoms with Gasteiger partial charge in [-0.2, -0.15) is 0 Å². The van der Waals surface area contributed by atoms with E-state index in [-0.39, 0.29) is 23.1 Å². The summed E-state index contributed by atoms with van der Waals surface area (Å²) in [6, 6.07) is 9.82. The number of allylic oxidation sites excluding steroid dienone is 1. The van der Waals surface area contributed by atoms with E-state index < -0.39 is 23.4 Å². The molecule has 1 aromatic carbocycles. The first-order valence-corrected chi connectivity index (χ1v) is 15.0. The Morgan fingerprint density at radius 3 is 2.57 bits per heavy atom. The molecule has 8 heteroatoms. The fourth-order valence-electron chi connectivity index (χ4n) is 5.27. The van der Waals surface area contributed by atoms with Crippen LogP contribution in [0, 0.1) is 11.8 Å². The molecule has 0 saturated carbocycles. The summed E-state index contributed by atoms with van der Waals surface area (Å²) in [6.45, 7) is 7.90. The van der Waals surface area contributed by atoms with Crippen LogP contribution in [0.1, 0.15) is 106 Å². The van der Waals surface area contributed by atoms with Crippen LogP contribution >= 0.6 is 0 Å². The molecular weight excluding hydrogens is 534 g/mol. The van der Waals surface area contributed by atoms with Gasteiger partial charge in [0.1, 0.15) is 28.4 Å². The first kappa shape index (κ1) is 32.7. The van der Waals surface area contributed by atoms with Crippen molar-refractivity contribution in [2.24, 2.45) is 11.8 Å². The third kappa shape index (κ3) is 9.36. The zero-order chi connectivity index (χ0) is 30.6. The van der Waals surface area contributed by atoms with Crippen molar-refractivity contribution in [2.45, 2.75) is 91.4 Å². The van der Waals surface area contributed by atoms with E-state index in [4.69, 9.17) is 8.83 Å². The second kappa shape index (κ2) is 16.0. The van der Waals surface area contributed by atoms with Crippen LogP contribution in [-0.2, 0) is 17.6 Å². The Kier molecular flexibility index (Phi) is 12.5. The normalized spacial score (nSPS) is 13.7. The number of ketones is 1. The zero-order valence-corrected chi connectivity index (χ0v) is 25.5. The third-order valence-corrected chi connectivity index (χ3v) is 7.66. The van der Waals surface area contributed by atoms with Gasteiger partial charge in [-0.15, -0.1) is 0 Å². The number of Topliss-reactive ketones (excluding diaryl/α,β-unsaturated/α-hetero) is 1. The van der Waals surface area contributed by atoms with Gasteiger partial charge >= 0.3 is 11.7 Å². The van der Waals surface area contributed by atoms with E-state index in [1.165, 1.54) is 50.6 Å². The van der Waals surface area contributed by atoms with Crippen molar-refractivity contribution in [3.05, 3.63) is 75.7 Å². The summed E-state index contributed by atoms with van der Waals surface area (Å²) in [4.78, 5) is 37.0. The van der Waals surface area contributed by atoms with Gasteiger partial charge in [0.2, 0.25) is 0 Å². The molecule has 8 nitrogen and oxygen atoms in total. The Morgan fingerprint density at radius 1 is 1.07 bits per heavy atom. The quantitative estimate of drug-likeness (QED) is 0.130. The number of unbranched alkanes of at least 4 members (excludes halogenated alkanes) is 3. The Balaban J connectivity index is 1.57.